The molecule has 1 aromatic carbocycles. The molecule has 2 rings (SSSR count). The SMILES string of the molecule is COc1ccccc1CN(C)C(=O)c1ccc(CN)o1. The van der Waals surface area contributed by atoms with Crippen LogP contribution in [-0.4, -0.2) is 25.0 Å². The van der Waals surface area contributed by atoms with E-state index in [1.54, 1.807) is 31.2 Å². The van der Waals surface area contributed by atoms with E-state index in [-0.39, 0.29) is 12.5 Å². The van der Waals surface area contributed by atoms with Crippen LogP contribution in [0.3, 0.4) is 0 Å². The third kappa shape index (κ3) is 3.00. The van der Waals surface area contributed by atoms with Crippen LogP contribution in [-0.2, 0) is 13.1 Å². The Bertz CT molecular complexity index is 592. The Kier molecular flexibility index (Phi) is 4.42. The number of amides is 1. The lowest BCUT2D eigenvalue weighted by Crippen LogP contribution is -2.26. The molecule has 106 valence electrons. The van der Waals surface area contributed by atoms with Gasteiger partial charge in [0.15, 0.2) is 5.76 Å². The summed E-state index contributed by atoms with van der Waals surface area (Å²) >= 11 is 0. The Morgan fingerprint density at radius 3 is 2.70 bits per heavy atom. The number of carbonyl (C=O) groups is 1. The number of rotatable bonds is 5. The van der Waals surface area contributed by atoms with Crippen LogP contribution in [0.15, 0.2) is 40.8 Å². The van der Waals surface area contributed by atoms with E-state index in [1.165, 1.54) is 0 Å². The van der Waals surface area contributed by atoms with Gasteiger partial charge in [0, 0.05) is 19.2 Å². The van der Waals surface area contributed by atoms with Crippen molar-refractivity contribution in [3.63, 3.8) is 0 Å². The molecule has 0 atom stereocenters. The number of carbonyl (C=O) groups excluding carboxylic acids is 1. The molecule has 2 N–H and O–H groups in total. The predicted octanol–water partition coefficient (Wildman–Crippen LogP) is 2.02. The van der Waals surface area contributed by atoms with Crippen LogP contribution in [0.1, 0.15) is 21.9 Å². The van der Waals surface area contributed by atoms with E-state index >= 15 is 0 Å². The van der Waals surface area contributed by atoms with E-state index in [9.17, 15) is 4.79 Å². The lowest BCUT2D eigenvalue weighted by atomic mass is 10.2. The van der Waals surface area contributed by atoms with Crippen LogP contribution in [0.25, 0.3) is 0 Å². The van der Waals surface area contributed by atoms with Crippen molar-refractivity contribution in [1.82, 2.24) is 4.90 Å². The molecule has 1 aromatic heterocycles. The minimum atomic E-state index is -0.185. The molecule has 0 aliphatic rings. The van der Waals surface area contributed by atoms with Crippen molar-refractivity contribution in [3.05, 3.63) is 53.5 Å². The molecule has 0 saturated carbocycles. The number of para-hydroxylation sites is 1. The quantitative estimate of drug-likeness (QED) is 0.905. The standard InChI is InChI=1S/C15H18N2O3/c1-17(10-11-5-3-4-6-13(11)19-2)15(18)14-8-7-12(9-16)20-14/h3-8H,9-10,16H2,1-2H3. The minimum absolute atomic E-state index is 0.185. The molecule has 0 unspecified atom stereocenters. The lowest BCUT2D eigenvalue weighted by Gasteiger charge is -2.17. The van der Waals surface area contributed by atoms with Gasteiger partial charge in [-0.2, -0.15) is 0 Å². The average molecular weight is 274 g/mol. The monoisotopic (exact) mass is 274 g/mol. The summed E-state index contributed by atoms with van der Waals surface area (Å²) in [6.45, 7) is 0.727. The maximum absolute atomic E-state index is 12.2. The van der Waals surface area contributed by atoms with Crippen molar-refractivity contribution in [3.8, 4) is 5.75 Å². The van der Waals surface area contributed by atoms with Crippen molar-refractivity contribution < 1.29 is 13.9 Å². The first-order valence-corrected chi connectivity index (χ1v) is 6.32. The summed E-state index contributed by atoms with van der Waals surface area (Å²) < 4.78 is 10.6. The van der Waals surface area contributed by atoms with Crippen LogP contribution in [0.5, 0.6) is 5.75 Å². The van der Waals surface area contributed by atoms with E-state index < -0.39 is 0 Å². The second-order valence-electron chi connectivity index (χ2n) is 4.44. The van der Waals surface area contributed by atoms with Crippen molar-refractivity contribution in [2.24, 2.45) is 5.73 Å². The van der Waals surface area contributed by atoms with Gasteiger partial charge in [-0.1, -0.05) is 18.2 Å². The smallest absolute Gasteiger partial charge is 0.289 e. The Morgan fingerprint density at radius 1 is 1.30 bits per heavy atom. The molecule has 0 radical (unpaired) electrons. The fourth-order valence-electron chi connectivity index (χ4n) is 1.95. The molecule has 0 bridgehead atoms. The summed E-state index contributed by atoms with van der Waals surface area (Å²) in [5.74, 6) is 1.46. The Labute approximate surface area is 117 Å². The Hall–Kier alpha value is -2.27. The summed E-state index contributed by atoms with van der Waals surface area (Å²) in [6, 6.07) is 11.0. The maximum atomic E-state index is 12.2. The molecule has 5 nitrogen and oxygen atoms in total. The zero-order chi connectivity index (χ0) is 14.5. The Morgan fingerprint density at radius 2 is 2.05 bits per heavy atom. The van der Waals surface area contributed by atoms with Gasteiger partial charge in [-0.05, 0) is 18.2 Å². The van der Waals surface area contributed by atoms with Gasteiger partial charge in [-0.3, -0.25) is 4.79 Å². The second-order valence-corrected chi connectivity index (χ2v) is 4.44. The van der Waals surface area contributed by atoms with Gasteiger partial charge in [0.1, 0.15) is 11.5 Å². The largest absolute Gasteiger partial charge is 0.496 e. The van der Waals surface area contributed by atoms with Gasteiger partial charge in [-0.15, -0.1) is 0 Å². The molecule has 1 amide bonds. The predicted molar refractivity (Wildman–Crippen MR) is 75.4 cm³/mol. The molecule has 0 spiro atoms. The molecule has 2 aromatic rings. The molecule has 0 saturated heterocycles. The van der Waals surface area contributed by atoms with Gasteiger partial charge in [-0.25, -0.2) is 0 Å². The van der Waals surface area contributed by atoms with Crippen molar-refractivity contribution in [2.75, 3.05) is 14.2 Å². The van der Waals surface area contributed by atoms with Gasteiger partial charge >= 0.3 is 0 Å². The van der Waals surface area contributed by atoms with Crippen LogP contribution in [0.4, 0.5) is 0 Å². The first-order chi connectivity index (χ1) is 9.65. The van der Waals surface area contributed by atoms with Gasteiger partial charge < -0.3 is 19.8 Å². The first-order valence-electron chi connectivity index (χ1n) is 6.32. The molecule has 0 aliphatic carbocycles. The number of methoxy groups -OCH3 is 1. The lowest BCUT2D eigenvalue weighted by molar-refractivity contribution is 0.0750. The number of furan rings is 1. The minimum Gasteiger partial charge on any atom is -0.496 e. The third-order valence-electron chi connectivity index (χ3n) is 3.02. The van der Waals surface area contributed by atoms with Crippen LogP contribution in [0.2, 0.25) is 0 Å². The zero-order valence-electron chi connectivity index (χ0n) is 11.6. The van der Waals surface area contributed by atoms with Gasteiger partial charge in [0.25, 0.3) is 5.91 Å². The fraction of sp³-hybridized carbons (Fsp3) is 0.267. The van der Waals surface area contributed by atoms with E-state index in [4.69, 9.17) is 14.9 Å². The molecule has 0 aliphatic heterocycles. The molecular weight excluding hydrogens is 256 g/mol. The van der Waals surface area contributed by atoms with Crippen molar-refractivity contribution in [2.45, 2.75) is 13.1 Å². The fourth-order valence-corrected chi connectivity index (χ4v) is 1.95. The number of benzene rings is 1. The molecule has 1 heterocycles. The highest BCUT2D eigenvalue weighted by Gasteiger charge is 2.17. The maximum Gasteiger partial charge on any atom is 0.289 e. The molecule has 0 fully saturated rings. The number of ether oxygens (including phenoxy) is 1. The first kappa shape index (κ1) is 14.1. The van der Waals surface area contributed by atoms with Gasteiger partial charge in [0.2, 0.25) is 0 Å². The molecule has 5 heteroatoms. The van der Waals surface area contributed by atoms with E-state index in [0.29, 0.717) is 18.1 Å². The topological polar surface area (TPSA) is 68.7 Å². The van der Waals surface area contributed by atoms with E-state index in [2.05, 4.69) is 0 Å². The number of hydrogen-bond acceptors (Lipinski definition) is 4. The van der Waals surface area contributed by atoms with Crippen LogP contribution < -0.4 is 10.5 Å². The van der Waals surface area contributed by atoms with E-state index in [0.717, 1.165) is 11.3 Å². The van der Waals surface area contributed by atoms with Crippen LogP contribution in [0, 0.1) is 0 Å². The summed E-state index contributed by atoms with van der Waals surface area (Å²) in [5.41, 5.74) is 6.41. The van der Waals surface area contributed by atoms with Crippen molar-refractivity contribution in [1.29, 1.82) is 0 Å². The van der Waals surface area contributed by atoms with Crippen molar-refractivity contribution >= 4 is 5.91 Å². The number of nitrogens with zero attached hydrogens (tertiary/aromatic N) is 1. The highest BCUT2D eigenvalue weighted by molar-refractivity contribution is 5.91. The van der Waals surface area contributed by atoms with Crippen LogP contribution >= 0.6 is 0 Å². The average Bonchev–Trinajstić information content (AvgIpc) is 2.95. The number of nitrogens with two attached hydrogens (primary N) is 1. The second kappa shape index (κ2) is 6.25. The Balaban J connectivity index is 2.11. The number of hydrogen-bond donors (Lipinski definition) is 1. The van der Waals surface area contributed by atoms with Gasteiger partial charge in [0.05, 0.1) is 13.7 Å². The van der Waals surface area contributed by atoms with E-state index in [1.807, 2.05) is 24.3 Å². The summed E-state index contributed by atoms with van der Waals surface area (Å²) in [6.07, 6.45) is 0. The molecular formula is C15H18N2O3. The summed E-state index contributed by atoms with van der Waals surface area (Å²) in [7, 11) is 3.33. The highest BCUT2D eigenvalue weighted by Crippen LogP contribution is 2.20. The third-order valence-corrected chi connectivity index (χ3v) is 3.02. The summed E-state index contributed by atoms with van der Waals surface area (Å²) in [4.78, 5) is 13.8. The zero-order valence-corrected chi connectivity index (χ0v) is 11.6. The highest BCUT2D eigenvalue weighted by atomic mass is 16.5. The molecule has 20 heavy (non-hydrogen) atoms. The normalized spacial score (nSPS) is 10.3. The summed E-state index contributed by atoms with van der Waals surface area (Å²) in [5, 5.41) is 0.